The highest BCUT2D eigenvalue weighted by Crippen LogP contribution is 2.16. The summed E-state index contributed by atoms with van der Waals surface area (Å²) in [7, 11) is 1.92. The van der Waals surface area contributed by atoms with Gasteiger partial charge in [-0.3, -0.25) is 9.69 Å². The van der Waals surface area contributed by atoms with Gasteiger partial charge in [-0.25, -0.2) is 0 Å². The predicted molar refractivity (Wildman–Crippen MR) is 82.4 cm³/mol. The zero-order valence-electron chi connectivity index (χ0n) is 12.4. The third-order valence-corrected chi connectivity index (χ3v) is 3.29. The van der Waals surface area contributed by atoms with Gasteiger partial charge in [0.1, 0.15) is 12.4 Å². The molecule has 0 N–H and O–H groups in total. The lowest BCUT2D eigenvalue weighted by atomic mass is 10.3. The minimum Gasteiger partial charge on any atom is -0.492 e. The molecule has 0 saturated carbocycles. The molecule has 1 rings (SSSR count). The van der Waals surface area contributed by atoms with Crippen LogP contribution in [0.15, 0.2) is 24.3 Å². The maximum Gasteiger partial charge on any atom is 0.236 e. The summed E-state index contributed by atoms with van der Waals surface area (Å²) in [6.45, 7) is 7.13. The Bertz CT molecular complexity index is 422. The van der Waals surface area contributed by atoms with Crippen LogP contribution in [0.3, 0.4) is 0 Å². The van der Waals surface area contributed by atoms with Crippen LogP contribution >= 0.6 is 11.6 Å². The molecular weight excluding hydrogens is 276 g/mol. The van der Waals surface area contributed by atoms with E-state index in [4.69, 9.17) is 16.3 Å². The molecule has 5 heteroatoms. The van der Waals surface area contributed by atoms with Gasteiger partial charge >= 0.3 is 0 Å². The van der Waals surface area contributed by atoms with Gasteiger partial charge in [0.2, 0.25) is 5.91 Å². The molecule has 0 radical (unpaired) electrons. The van der Waals surface area contributed by atoms with E-state index < -0.39 is 0 Å². The Labute approximate surface area is 126 Å². The maximum absolute atomic E-state index is 11.9. The van der Waals surface area contributed by atoms with Crippen molar-refractivity contribution in [3.8, 4) is 5.75 Å². The molecule has 0 aliphatic rings. The third kappa shape index (κ3) is 5.80. The van der Waals surface area contributed by atoms with Gasteiger partial charge in [0.05, 0.1) is 6.54 Å². The lowest BCUT2D eigenvalue weighted by Crippen LogP contribution is -2.39. The Morgan fingerprint density at radius 3 is 2.60 bits per heavy atom. The Morgan fingerprint density at radius 1 is 1.30 bits per heavy atom. The number of nitrogens with zero attached hydrogens (tertiary/aromatic N) is 2. The number of hydrogen-bond donors (Lipinski definition) is 0. The predicted octanol–water partition coefficient (Wildman–Crippen LogP) is 2.52. The van der Waals surface area contributed by atoms with Gasteiger partial charge in [-0.15, -0.1) is 0 Å². The minimum absolute atomic E-state index is 0.153. The maximum atomic E-state index is 11.9. The van der Waals surface area contributed by atoms with Crippen molar-refractivity contribution in [2.45, 2.75) is 13.8 Å². The number of likely N-dealkylation sites (N-methyl/N-ethyl adjacent to an activating group) is 2. The zero-order valence-corrected chi connectivity index (χ0v) is 13.2. The number of amides is 1. The molecule has 0 aromatic heterocycles. The SMILES string of the molecule is CCN(CC)C(=O)CN(C)CCOc1cccc(Cl)c1. The van der Waals surface area contributed by atoms with Crippen molar-refractivity contribution in [3.05, 3.63) is 29.3 Å². The van der Waals surface area contributed by atoms with E-state index >= 15 is 0 Å². The Kier molecular flexibility index (Phi) is 7.41. The average molecular weight is 299 g/mol. The molecular formula is C15H23ClN2O2. The van der Waals surface area contributed by atoms with Crippen molar-refractivity contribution in [2.75, 3.05) is 39.8 Å². The zero-order chi connectivity index (χ0) is 15.0. The molecule has 1 amide bonds. The van der Waals surface area contributed by atoms with E-state index in [0.29, 0.717) is 24.7 Å². The summed E-state index contributed by atoms with van der Waals surface area (Å²) in [5.41, 5.74) is 0. The average Bonchev–Trinajstić information content (AvgIpc) is 2.40. The summed E-state index contributed by atoms with van der Waals surface area (Å²) < 4.78 is 5.60. The molecule has 0 aliphatic heterocycles. The third-order valence-electron chi connectivity index (χ3n) is 3.06. The summed E-state index contributed by atoms with van der Waals surface area (Å²) in [4.78, 5) is 15.7. The van der Waals surface area contributed by atoms with Crippen molar-refractivity contribution in [1.29, 1.82) is 0 Å². The van der Waals surface area contributed by atoms with E-state index in [2.05, 4.69) is 0 Å². The molecule has 0 bridgehead atoms. The van der Waals surface area contributed by atoms with E-state index in [0.717, 1.165) is 18.8 Å². The van der Waals surface area contributed by atoms with Gasteiger partial charge in [-0.2, -0.15) is 0 Å². The molecule has 4 nitrogen and oxygen atoms in total. The fourth-order valence-electron chi connectivity index (χ4n) is 1.86. The second-order valence-electron chi connectivity index (χ2n) is 4.61. The summed E-state index contributed by atoms with van der Waals surface area (Å²) in [5, 5.41) is 0.660. The smallest absolute Gasteiger partial charge is 0.236 e. The van der Waals surface area contributed by atoms with Crippen LogP contribution in [0, 0.1) is 0 Å². The van der Waals surface area contributed by atoms with E-state index in [-0.39, 0.29) is 5.91 Å². The van der Waals surface area contributed by atoms with Crippen LogP contribution in [0.2, 0.25) is 5.02 Å². The Hall–Kier alpha value is -1.26. The molecule has 0 fully saturated rings. The minimum atomic E-state index is 0.153. The summed E-state index contributed by atoms with van der Waals surface area (Å²) >= 11 is 5.88. The quantitative estimate of drug-likeness (QED) is 0.739. The highest BCUT2D eigenvalue weighted by Gasteiger charge is 2.12. The first kappa shape index (κ1) is 16.8. The molecule has 0 atom stereocenters. The second kappa shape index (κ2) is 8.82. The van der Waals surface area contributed by atoms with Crippen molar-refractivity contribution < 1.29 is 9.53 Å². The number of halogens is 1. The summed E-state index contributed by atoms with van der Waals surface area (Å²) in [5.74, 6) is 0.904. The summed E-state index contributed by atoms with van der Waals surface area (Å²) in [6, 6.07) is 7.31. The topological polar surface area (TPSA) is 32.8 Å². The summed E-state index contributed by atoms with van der Waals surface area (Å²) in [6.07, 6.45) is 0. The fourth-order valence-corrected chi connectivity index (χ4v) is 2.04. The van der Waals surface area contributed by atoms with Crippen LogP contribution in [0.5, 0.6) is 5.75 Å². The van der Waals surface area contributed by atoms with E-state index in [1.807, 2.05) is 48.9 Å². The van der Waals surface area contributed by atoms with Crippen molar-refractivity contribution in [3.63, 3.8) is 0 Å². The number of ether oxygens (including phenoxy) is 1. The highest BCUT2D eigenvalue weighted by atomic mass is 35.5. The van der Waals surface area contributed by atoms with Crippen molar-refractivity contribution in [2.24, 2.45) is 0 Å². The first-order chi connectivity index (χ1) is 9.56. The largest absolute Gasteiger partial charge is 0.492 e. The molecule has 0 spiro atoms. The van der Waals surface area contributed by atoms with Crippen LogP contribution < -0.4 is 4.74 Å². The standard InChI is InChI=1S/C15H23ClN2O2/c1-4-18(5-2)15(19)12-17(3)9-10-20-14-8-6-7-13(16)11-14/h6-8,11H,4-5,9-10,12H2,1-3H3. The van der Waals surface area contributed by atoms with E-state index in [1.54, 1.807) is 6.07 Å². The Balaban J connectivity index is 2.29. The number of carbonyl (C=O) groups excluding carboxylic acids is 1. The number of carbonyl (C=O) groups is 1. The molecule has 0 saturated heterocycles. The number of rotatable bonds is 8. The van der Waals surface area contributed by atoms with Gasteiger partial charge in [0.25, 0.3) is 0 Å². The van der Waals surface area contributed by atoms with Gasteiger partial charge in [-0.1, -0.05) is 17.7 Å². The van der Waals surface area contributed by atoms with Crippen molar-refractivity contribution >= 4 is 17.5 Å². The fraction of sp³-hybridized carbons (Fsp3) is 0.533. The highest BCUT2D eigenvalue weighted by molar-refractivity contribution is 6.30. The van der Waals surface area contributed by atoms with Gasteiger partial charge in [0, 0.05) is 24.7 Å². The molecule has 0 unspecified atom stereocenters. The monoisotopic (exact) mass is 298 g/mol. The number of hydrogen-bond acceptors (Lipinski definition) is 3. The normalized spacial score (nSPS) is 10.7. The van der Waals surface area contributed by atoms with E-state index in [9.17, 15) is 4.79 Å². The molecule has 0 heterocycles. The molecule has 20 heavy (non-hydrogen) atoms. The Morgan fingerprint density at radius 2 is 2.00 bits per heavy atom. The second-order valence-corrected chi connectivity index (χ2v) is 5.05. The molecule has 1 aromatic carbocycles. The van der Waals surface area contributed by atoms with Crippen LogP contribution in [0.25, 0.3) is 0 Å². The van der Waals surface area contributed by atoms with E-state index in [1.165, 1.54) is 0 Å². The van der Waals surface area contributed by atoms with Crippen LogP contribution in [-0.4, -0.2) is 55.5 Å². The number of benzene rings is 1. The molecule has 0 aliphatic carbocycles. The van der Waals surface area contributed by atoms with Crippen LogP contribution in [-0.2, 0) is 4.79 Å². The van der Waals surface area contributed by atoms with Crippen LogP contribution in [0.1, 0.15) is 13.8 Å². The van der Waals surface area contributed by atoms with Gasteiger partial charge < -0.3 is 9.64 Å². The lowest BCUT2D eigenvalue weighted by molar-refractivity contribution is -0.131. The first-order valence-electron chi connectivity index (χ1n) is 6.91. The van der Waals surface area contributed by atoms with Gasteiger partial charge in [-0.05, 0) is 39.1 Å². The van der Waals surface area contributed by atoms with Crippen LogP contribution in [0.4, 0.5) is 0 Å². The molecule has 112 valence electrons. The molecule has 1 aromatic rings. The van der Waals surface area contributed by atoms with Gasteiger partial charge in [0.15, 0.2) is 0 Å². The van der Waals surface area contributed by atoms with Crippen molar-refractivity contribution in [1.82, 2.24) is 9.80 Å². The lowest BCUT2D eigenvalue weighted by Gasteiger charge is -2.23. The first-order valence-corrected chi connectivity index (χ1v) is 7.29.